The summed E-state index contributed by atoms with van der Waals surface area (Å²) in [7, 11) is 2.69. The maximum Gasteiger partial charge on any atom is 0.333 e. The summed E-state index contributed by atoms with van der Waals surface area (Å²) in [5.41, 5.74) is 1.39. The Labute approximate surface area is 174 Å². The van der Waals surface area contributed by atoms with Crippen molar-refractivity contribution in [1.29, 1.82) is 0 Å². The number of urea groups is 1. The minimum Gasteiger partial charge on any atom is -0.352 e. The van der Waals surface area contributed by atoms with Crippen molar-refractivity contribution in [3.63, 3.8) is 0 Å². The zero-order valence-corrected chi connectivity index (χ0v) is 17.1. The zero-order chi connectivity index (χ0) is 21.4. The van der Waals surface area contributed by atoms with Crippen LogP contribution in [0, 0.1) is 0 Å². The van der Waals surface area contributed by atoms with Gasteiger partial charge >= 0.3 is 6.03 Å². The van der Waals surface area contributed by atoms with Crippen LogP contribution < -0.4 is 5.32 Å². The predicted molar refractivity (Wildman–Crippen MR) is 111 cm³/mol. The lowest BCUT2D eigenvalue weighted by atomic mass is 10.1. The first-order valence-electron chi connectivity index (χ1n) is 10.1. The Bertz CT molecular complexity index is 1050. The lowest BCUT2D eigenvalue weighted by molar-refractivity contribution is -0.134. The number of hydrogen-bond donors (Lipinski definition) is 1. The van der Waals surface area contributed by atoms with Crippen molar-refractivity contribution in [2.24, 2.45) is 0 Å². The molecule has 4 rings (SSSR count). The van der Waals surface area contributed by atoms with Crippen LogP contribution in [-0.2, 0) is 20.9 Å². The molecule has 2 aliphatic rings. The molecular formula is C22H24N4O4. The fraction of sp³-hybridized carbons (Fsp3) is 0.364. The Balaban J connectivity index is 1.67. The number of aromatic nitrogens is 1. The van der Waals surface area contributed by atoms with Crippen LogP contribution in [0.1, 0.15) is 31.2 Å². The molecular weight excluding hydrogens is 384 g/mol. The SMILES string of the molecule is CN1C(=O)C(=Cc2cn(CC(=O)NC3CCCC3)c3ccccc23)C(=O)N(C)C1=O. The van der Waals surface area contributed by atoms with Gasteiger partial charge in [0.1, 0.15) is 12.1 Å². The normalized spacial score (nSPS) is 17.9. The highest BCUT2D eigenvalue weighted by atomic mass is 16.2. The van der Waals surface area contributed by atoms with Gasteiger partial charge in [-0.2, -0.15) is 0 Å². The molecule has 30 heavy (non-hydrogen) atoms. The third kappa shape index (κ3) is 3.49. The van der Waals surface area contributed by atoms with Crippen molar-refractivity contribution in [2.75, 3.05) is 14.1 Å². The second-order valence-electron chi connectivity index (χ2n) is 7.85. The van der Waals surface area contributed by atoms with E-state index in [1.807, 2.05) is 28.8 Å². The third-order valence-corrected chi connectivity index (χ3v) is 5.80. The molecule has 0 radical (unpaired) electrons. The van der Waals surface area contributed by atoms with Gasteiger partial charge in [-0.3, -0.25) is 24.2 Å². The minimum atomic E-state index is -0.659. The van der Waals surface area contributed by atoms with Crippen LogP contribution in [0.25, 0.3) is 17.0 Å². The van der Waals surface area contributed by atoms with Crippen LogP contribution in [0.2, 0.25) is 0 Å². The molecule has 156 valence electrons. The van der Waals surface area contributed by atoms with E-state index in [1.54, 1.807) is 6.20 Å². The number of nitrogens with zero attached hydrogens (tertiary/aromatic N) is 3. The number of nitrogens with one attached hydrogen (secondary N) is 1. The molecule has 1 aromatic carbocycles. The van der Waals surface area contributed by atoms with Gasteiger partial charge in [-0.25, -0.2) is 4.79 Å². The highest BCUT2D eigenvalue weighted by molar-refractivity contribution is 6.31. The fourth-order valence-corrected chi connectivity index (χ4v) is 4.15. The molecule has 1 N–H and O–H groups in total. The van der Waals surface area contributed by atoms with Gasteiger partial charge in [0.2, 0.25) is 5.91 Å². The second kappa shape index (κ2) is 7.78. The predicted octanol–water partition coefficient (Wildman–Crippen LogP) is 2.13. The molecule has 0 bridgehead atoms. The second-order valence-corrected chi connectivity index (χ2v) is 7.85. The van der Waals surface area contributed by atoms with Crippen molar-refractivity contribution in [3.05, 3.63) is 41.6 Å². The molecule has 1 saturated carbocycles. The molecule has 0 spiro atoms. The van der Waals surface area contributed by atoms with E-state index in [0.717, 1.165) is 46.4 Å². The quantitative estimate of drug-likeness (QED) is 0.620. The number of barbiturate groups is 1. The summed E-state index contributed by atoms with van der Waals surface area (Å²) in [6.45, 7) is 0.153. The van der Waals surface area contributed by atoms with Gasteiger partial charge in [-0.15, -0.1) is 0 Å². The summed E-state index contributed by atoms with van der Waals surface area (Å²) in [6.07, 6.45) is 7.57. The molecule has 8 nitrogen and oxygen atoms in total. The summed E-state index contributed by atoms with van der Waals surface area (Å²) in [5.74, 6) is -1.34. The average Bonchev–Trinajstić information content (AvgIpc) is 3.36. The summed E-state index contributed by atoms with van der Waals surface area (Å²) in [4.78, 5) is 51.4. The molecule has 1 aliphatic heterocycles. The smallest absolute Gasteiger partial charge is 0.333 e. The van der Waals surface area contributed by atoms with Crippen molar-refractivity contribution < 1.29 is 19.2 Å². The monoisotopic (exact) mass is 408 g/mol. The van der Waals surface area contributed by atoms with Crippen LogP contribution in [0.5, 0.6) is 0 Å². The highest BCUT2D eigenvalue weighted by Gasteiger charge is 2.38. The first kappa shape index (κ1) is 19.9. The number of para-hydroxylation sites is 1. The number of imide groups is 2. The summed E-state index contributed by atoms with van der Waals surface area (Å²) < 4.78 is 1.82. The van der Waals surface area contributed by atoms with Crippen molar-refractivity contribution in [1.82, 2.24) is 19.7 Å². The Hall–Kier alpha value is -3.42. The van der Waals surface area contributed by atoms with E-state index >= 15 is 0 Å². The van der Waals surface area contributed by atoms with Gasteiger partial charge in [0.05, 0.1) is 0 Å². The maximum atomic E-state index is 12.5. The van der Waals surface area contributed by atoms with E-state index in [1.165, 1.54) is 20.2 Å². The minimum absolute atomic E-state index is 0.0586. The number of rotatable bonds is 4. The Morgan fingerprint density at radius 2 is 1.70 bits per heavy atom. The standard InChI is InChI=1S/C22H24N4O4/c1-24-20(28)17(21(29)25(2)22(24)30)11-14-12-26(18-10-6-5-9-16(14)18)13-19(27)23-15-7-3-4-8-15/h5-6,9-12,15H,3-4,7-8,13H2,1-2H3,(H,23,27). The van der Waals surface area contributed by atoms with Gasteiger partial charge in [0.25, 0.3) is 11.8 Å². The van der Waals surface area contributed by atoms with Crippen molar-refractivity contribution >= 4 is 40.7 Å². The van der Waals surface area contributed by atoms with Gasteiger partial charge in [-0.1, -0.05) is 31.0 Å². The molecule has 5 amide bonds. The van der Waals surface area contributed by atoms with E-state index in [2.05, 4.69) is 5.32 Å². The van der Waals surface area contributed by atoms with Gasteiger partial charge in [0.15, 0.2) is 0 Å². The first-order chi connectivity index (χ1) is 14.4. The number of likely N-dealkylation sites (N-methyl/N-ethyl adjacent to an activating group) is 2. The molecule has 2 aromatic rings. The van der Waals surface area contributed by atoms with E-state index in [0.29, 0.717) is 5.56 Å². The average molecular weight is 408 g/mol. The first-order valence-corrected chi connectivity index (χ1v) is 10.1. The molecule has 0 atom stereocenters. The molecule has 1 aliphatic carbocycles. The van der Waals surface area contributed by atoms with E-state index in [-0.39, 0.29) is 24.1 Å². The van der Waals surface area contributed by atoms with Crippen LogP contribution in [0.3, 0.4) is 0 Å². The lowest BCUT2D eigenvalue weighted by Crippen LogP contribution is -2.52. The summed E-state index contributed by atoms with van der Waals surface area (Å²) >= 11 is 0. The van der Waals surface area contributed by atoms with Gasteiger partial charge in [0, 0.05) is 42.8 Å². The molecule has 0 unspecified atom stereocenters. The topological polar surface area (TPSA) is 91.7 Å². The molecule has 2 heterocycles. The van der Waals surface area contributed by atoms with E-state index in [9.17, 15) is 19.2 Å². The van der Waals surface area contributed by atoms with Crippen molar-refractivity contribution in [3.8, 4) is 0 Å². The number of fused-ring (bicyclic) bond motifs is 1. The highest BCUT2D eigenvalue weighted by Crippen LogP contribution is 2.26. The van der Waals surface area contributed by atoms with Crippen LogP contribution in [0.4, 0.5) is 4.79 Å². The molecule has 1 saturated heterocycles. The van der Waals surface area contributed by atoms with Crippen LogP contribution in [-0.4, -0.2) is 58.3 Å². The van der Waals surface area contributed by atoms with Gasteiger partial charge < -0.3 is 9.88 Å². The lowest BCUT2D eigenvalue weighted by Gasteiger charge is -2.28. The summed E-state index contributed by atoms with van der Waals surface area (Å²) in [5, 5.41) is 3.90. The van der Waals surface area contributed by atoms with E-state index < -0.39 is 17.8 Å². The van der Waals surface area contributed by atoms with Crippen molar-refractivity contribution in [2.45, 2.75) is 38.3 Å². The number of benzene rings is 1. The molecule has 1 aromatic heterocycles. The van der Waals surface area contributed by atoms with E-state index in [4.69, 9.17) is 0 Å². The third-order valence-electron chi connectivity index (χ3n) is 5.80. The number of hydrogen-bond acceptors (Lipinski definition) is 4. The van der Waals surface area contributed by atoms with Gasteiger partial charge in [-0.05, 0) is 25.0 Å². The summed E-state index contributed by atoms with van der Waals surface area (Å²) in [6, 6.07) is 7.09. The molecule has 2 fully saturated rings. The largest absolute Gasteiger partial charge is 0.352 e. The Morgan fingerprint density at radius 3 is 2.37 bits per heavy atom. The Kier molecular flexibility index (Phi) is 5.15. The fourth-order valence-electron chi connectivity index (χ4n) is 4.15. The number of carbonyl (C=O) groups is 4. The maximum absolute atomic E-state index is 12.5. The number of carbonyl (C=O) groups excluding carboxylic acids is 4. The van der Waals surface area contributed by atoms with Crippen LogP contribution in [0.15, 0.2) is 36.0 Å². The number of amides is 5. The molecule has 8 heteroatoms. The Morgan fingerprint density at radius 1 is 1.07 bits per heavy atom. The van der Waals surface area contributed by atoms with Crippen LogP contribution >= 0.6 is 0 Å². The zero-order valence-electron chi connectivity index (χ0n) is 17.1.